The lowest BCUT2D eigenvalue weighted by Crippen LogP contribution is -2.25. The minimum Gasteiger partial charge on any atom is -0.460 e. The van der Waals surface area contributed by atoms with Gasteiger partial charge in [-0.3, -0.25) is 9.59 Å². The Morgan fingerprint density at radius 1 is 1.18 bits per heavy atom. The Kier molecular flexibility index (Phi) is 3.60. The maximum absolute atomic E-state index is 13.6. The van der Waals surface area contributed by atoms with E-state index >= 15 is 0 Å². The molecule has 0 aliphatic carbocycles. The molecule has 28 heavy (non-hydrogen) atoms. The lowest BCUT2D eigenvalue weighted by atomic mass is 10.0. The molecule has 1 aromatic carbocycles. The van der Waals surface area contributed by atoms with Crippen LogP contribution in [-0.2, 0) is 27.4 Å². The van der Waals surface area contributed by atoms with Gasteiger partial charge in [-0.1, -0.05) is 0 Å². The van der Waals surface area contributed by atoms with Crippen LogP contribution in [0.25, 0.3) is 22.3 Å². The van der Waals surface area contributed by atoms with E-state index in [4.69, 9.17) is 9.47 Å². The Bertz CT molecular complexity index is 1240. The molecule has 142 valence electrons. The summed E-state index contributed by atoms with van der Waals surface area (Å²) < 4.78 is 39.3. The number of halogens is 2. The van der Waals surface area contributed by atoms with E-state index in [0.29, 0.717) is 33.4 Å². The number of methoxy groups -OCH3 is 1. The van der Waals surface area contributed by atoms with Crippen molar-refractivity contribution in [2.75, 3.05) is 7.11 Å². The summed E-state index contributed by atoms with van der Waals surface area (Å²) in [5.74, 6) is -2.36. The van der Waals surface area contributed by atoms with E-state index in [1.54, 1.807) is 12.1 Å². The summed E-state index contributed by atoms with van der Waals surface area (Å²) in [6, 6.07) is 5.63. The maximum atomic E-state index is 13.6. The van der Waals surface area contributed by atoms with Gasteiger partial charge in [-0.25, -0.2) is 13.8 Å². The van der Waals surface area contributed by atoms with Gasteiger partial charge in [-0.15, -0.1) is 0 Å². The van der Waals surface area contributed by atoms with Gasteiger partial charge >= 0.3 is 5.97 Å². The zero-order valence-corrected chi connectivity index (χ0v) is 14.8. The quantitative estimate of drug-likeness (QED) is 0.472. The number of benzene rings is 1. The van der Waals surface area contributed by atoms with Crippen LogP contribution >= 0.6 is 0 Å². The average molecular weight is 384 g/mol. The number of fused-ring (bicyclic) bond motifs is 5. The highest BCUT2D eigenvalue weighted by Crippen LogP contribution is 2.36. The SMILES string of the molecule is COC1CC(=O)OCc2c1cc1n(c2=O)Cc2cc3cc(F)c(F)cc3nc2-1. The third kappa shape index (κ3) is 2.37. The standard InChI is InChI=1S/C20H14F2N2O4/c1-27-17-6-18(25)28-8-12-11(17)4-16-19-10(7-24(16)20(12)26)2-9-3-13(21)14(22)5-15(9)23-19/h2-5,17H,6-8H2,1H3. The molecule has 0 saturated heterocycles. The van der Waals surface area contributed by atoms with Crippen molar-refractivity contribution >= 4 is 16.9 Å². The van der Waals surface area contributed by atoms with Crippen molar-refractivity contribution in [3.05, 3.63) is 62.9 Å². The topological polar surface area (TPSA) is 70.4 Å². The largest absolute Gasteiger partial charge is 0.460 e. The van der Waals surface area contributed by atoms with Crippen molar-refractivity contribution in [1.29, 1.82) is 0 Å². The van der Waals surface area contributed by atoms with Crippen molar-refractivity contribution in [1.82, 2.24) is 9.55 Å². The summed E-state index contributed by atoms with van der Waals surface area (Å²) in [5.41, 5.74) is 2.80. The molecule has 2 aliphatic rings. The smallest absolute Gasteiger partial charge is 0.309 e. The Balaban J connectivity index is 1.75. The monoisotopic (exact) mass is 384 g/mol. The molecule has 8 heteroatoms. The first-order valence-electron chi connectivity index (χ1n) is 8.70. The van der Waals surface area contributed by atoms with Crippen molar-refractivity contribution in [2.45, 2.75) is 25.7 Å². The van der Waals surface area contributed by atoms with E-state index < -0.39 is 23.7 Å². The molecule has 0 amide bonds. The van der Waals surface area contributed by atoms with Gasteiger partial charge in [-0.05, 0) is 23.8 Å². The summed E-state index contributed by atoms with van der Waals surface area (Å²) in [5, 5.41) is 0.462. The number of cyclic esters (lactones) is 1. The van der Waals surface area contributed by atoms with Crippen LogP contribution in [0, 0.1) is 11.6 Å². The second-order valence-electron chi connectivity index (χ2n) is 6.90. The first-order valence-corrected chi connectivity index (χ1v) is 8.70. The lowest BCUT2D eigenvalue weighted by Gasteiger charge is -2.16. The number of pyridine rings is 2. The van der Waals surface area contributed by atoms with E-state index in [9.17, 15) is 18.4 Å². The first-order chi connectivity index (χ1) is 13.5. The molecule has 0 N–H and O–H groups in total. The van der Waals surface area contributed by atoms with E-state index in [0.717, 1.165) is 17.7 Å². The summed E-state index contributed by atoms with van der Waals surface area (Å²) in [6.45, 7) is 0.139. The second kappa shape index (κ2) is 5.93. The number of rotatable bonds is 1. The van der Waals surface area contributed by atoms with Gasteiger partial charge in [0.05, 0.1) is 41.5 Å². The zero-order chi connectivity index (χ0) is 19.6. The van der Waals surface area contributed by atoms with E-state index in [-0.39, 0.29) is 25.1 Å². The van der Waals surface area contributed by atoms with Crippen LogP contribution in [0.2, 0.25) is 0 Å². The minimum absolute atomic E-state index is 0.00882. The zero-order valence-electron chi connectivity index (χ0n) is 14.8. The molecule has 5 rings (SSSR count). The molecule has 0 bridgehead atoms. The Morgan fingerprint density at radius 3 is 2.75 bits per heavy atom. The maximum Gasteiger partial charge on any atom is 0.309 e. The first kappa shape index (κ1) is 17.0. The number of esters is 1. The molecular weight excluding hydrogens is 370 g/mol. The molecule has 0 fully saturated rings. The number of hydrogen-bond donors (Lipinski definition) is 0. The Morgan fingerprint density at radius 2 is 1.96 bits per heavy atom. The number of carbonyl (C=O) groups excluding carboxylic acids is 1. The molecule has 2 aromatic heterocycles. The third-order valence-electron chi connectivity index (χ3n) is 5.30. The fraction of sp³-hybridized carbons (Fsp3) is 0.250. The molecule has 0 saturated carbocycles. The molecular formula is C20H14F2N2O4. The van der Waals surface area contributed by atoms with Gasteiger partial charge in [0.1, 0.15) is 6.61 Å². The summed E-state index contributed by atoms with van der Waals surface area (Å²) in [6.07, 6.45) is -0.589. The van der Waals surface area contributed by atoms with Crippen molar-refractivity contribution in [2.24, 2.45) is 0 Å². The fourth-order valence-corrected chi connectivity index (χ4v) is 3.90. The van der Waals surface area contributed by atoms with Gasteiger partial charge in [0, 0.05) is 24.1 Å². The van der Waals surface area contributed by atoms with Gasteiger partial charge in [0.25, 0.3) is 5.56 Å². The normalized spacial score (nSPS) is 17.7. The number of nitrogens with zero attached hydrogens (tertiary/aromatic N) is 2. The molecule has 2 aliphatic heterocycles. The van der Waals surface area contributed by atoms with E-state index in [1.807, 2.05) is 0 Å². The van der Waals surface area contributed by atoms with Crippen LogP contribution in [0.3, 0.4) is 0 Å². The molecule has 1 atom stereocenters. The summed E-state index contributed by atoms with van der Waals surface area (Å²) >= 11 is 0. The third-order valence-corrected chi connectivity index (χ3v) is 5.30. The minimum atomic E-state index is -0.979. The average Bonchev–Trinajstić information content (AvgIpc) is 2.93. The molecule has 0 spiro atoms. The fourth-order valence-electron chi connectivity index (χ4n) is 3.90. The van der Waals surface area contributed by atoms with Crippen LogP contribution in [0.15, 0.2) is 29.1 Å². The van der Waals surface area contributed by atoms with Crippen LogP contribution in [0.5, 0.6) is 0 Å². The van der Waals surface area contributed by atoms with Gasteiger partial charge in [0.2, 0.25) is 0 Å². The highest BCUT2D eigenvalue weighted by Gasteiger charge is 2.31. The van der Waals surface area contributed by atoms with Crippen LogP contribution in [0.4, 0.5) is 8.78 Å². The summed E-state index contributed by atoms with van der Waals surface area (Å²) in [4.78, 5) is 29.3. The molecule has 3 aromatic rings. The number of carbonyl (C=O) groups is 1. The van der Waals surface area contributed by atoms with Gasteiger partial charge in [-0.2, -0.15) is 0 Å². The van der Waals surface area contributed by atoms with Crippen LogP contribution in [0.1, 0.15) is 29.2 Å². The van der Waals surface area contributed by atoms with Crippen molar-refractivity contribution in [3.63, 3.8) is 0 Å². The number of aromatic nitrogens is 2. The highest BCUT2D eigenvalue weighted by atomic mass is 19.2. The van der Waals surface area contributed by atoms with Crippen molar-refractivity contribution in [3.8, 4) is 11.4 Å². The highest BCUT2D eigenvalue weighted by molar-refractivity contribution is 5.84. The molecule has 4 heterocycles. The number of hydrogen-bond acceptors (Lipinski definition) is 5. The summed E-state index contributed by atoms with van der Waals surface area (Å²) in [7, 11) is 1.47. The second-order valence-corrected chi connectivity index (χ2v) is 6.90. The molecule has 6 nitrogen and oxygen atoms in total. The van der Waals surface area contributed by atoms with Gasteiger partial charge < -0.3 is 14.0 Å². The van der Waals surface area contributed by atoms with E-state index in [2.05, 4.69) is 4.98 Å². The van der Waals surface area contributed by atoms with Crippen LogP contribution < -0.4 is 5.56 Å². The van der Waals surface area contributed by atoms with Gasteiger partial charge in [0.15, 0.2) is 11.6 Å². The number of ether oxygens (including phenoxy) is 2. The molecule has 1 unspecified atom stereocenters. The van der Waals surface area contributed by atoms with E-state index in [1.165, 1.54) is 11.7 Å². The Hall–Kier alpha value is -3.13. The molecule has 0 radical (unpaired) electrons. The lowest BCUT2D eigenvalue weighted by molar-refractivity contribution is -0.146. The Labute approximate surface area is 157 Å². The predicted octanol–water partition coefficient (Wildman–Crippen LogP) is 2.84. The van der Waals surface area contributed by atoms with Crippen LogP contribution in [-0.4, -0.2) is 22.6 Å². The van der Waals surface area contributed by atoms with Crippen molar-refractivity contribution < 1.29 is 23.0 Å². The predicted molar refractivity (Wildman–Crippen MR) is 94.6 cm³/mol.